The van der Waals surface area contributed by atoms with E-state index in [0.29, 0.717) is 5.56 Å². The van der Waals surface area contributed by atoms with E-state index in [1.54, 1.807) is 10.9 Å². The van der Waals surface area contributed by atoms with Gasteiger partial charge >= 0.3 is 0 Å². The highest BCUT2D eigenvalue weighted by molar-refractivity contribution is 9.10. The highest BCUT2D eigenvalue weighted by atomic mass is 79.9. The molecule has 31 heavy (non-hydrogen) atoms. The number of aromatic amines is 1. The van der Waals surface area contributed by atoms with Crippen molar-refractivity contribution in [3.8, 4) is 5.69 Å². The molecule has 0 aliphatic rings. The van der Waals surface area contributed by atoms with Crippen molar-refractivity contribution in [3.05, 3.63) is 98.4 Å². The Morgan fingerprint density at radius 3 is 2.26 bits per heavy atom. The van der Waals surface area contributed by atoms with Crippen LogP contribution in [-0.4, -0.2) is 21.0 Å². The van der Waals surface area contributed by atoms with Crippen molar-refractivity contribution >= 4 is 49.6 Å². The molecule has 0 saturated heterocycles. The van der Waals surface area contributed by atoms with Gasteiger partial charge in [0.25, 0.3) is 5.56 Å². The van der Waals surface area contributed by atoms with E-state index in [-0.39, 0.29) is 5.56 Å². The smallest absolute Gasteiger partial charge is 0.280 e. The maximum absolute atomic E-state index is 13.2. The number of halogens is 1. The predicted molar refractivity (Wildman–Crippen MR) is 130 cm³/mol. The molecule has 0 aliphatic carbocycles. The summed E-state index contributed by atoms with van der Waals surface area (Å²) in [5.74, 6) is 0. The van der Waals surface area contributed by atoms with Gasteiger partial charge in [-0.15, -0.1) is 0 Å². The van der Waals surface area contributed by atoms with Gasteiger partial charge in [0, 0.05) is 27.2 Å². The molecule has 152 valence electrons. The van der Waals surface area contributed by atoms with E-state index in [1.165, 1.54) is 0 Å². The fourth-order valence-corrected chi connectivity index (χ4v) is 3.99. The van der Waals surface area contributed by atoms with E-state index in [1.807, 2.05) is 80.6 Å². The summed E-state index contributed by atoms with van der Waals surface area (Å²) in [6, 6.07) is 21.7. The average Bonchev–Trinajstić information content (AvgIpc) is 3.06. The number of nitrogens with one attached hydrogen (secondary N) is 1. The van der Waals surface area contributed by atoms with Gasteiger partial charge in [-0.2, -0.15) is 0 Å². The Hall–Kier alpha value is -3.51. The number of benzene rings is 3. The summed E-state index contributed by atoms with van der Waals surface area (Å²) in [5.41, 5.74) is 5.57. The number of hydrogen-bond donors (Lipinski definition) is 1. The summed E-state index contributed by atoms with van der Waals surface area (Å²) < 4.78 is 2.56. The molecule has 5 rings (SSSR count). The first kappa shape index (κ1) is 19.5. The lowest BCUT2D eigenvalue weighted by molar-refractivity contribution is 0.834. The molecule has 0 amide bonds. The third kappa shape index (κ3) is 3.39. The molecular weight excluding hydrogens is 452 g/mol. The number of H-pyrrole nitrogens is 1. The van der Waals surface area contributed by atoms with Gasteiger partial charge in [0.15, 0.2) is 0 Å². The number of para-hydroxylation sites is 2. The van der Waals surface area contributed by atoms with E-state index in [9.17, 15) is 4.79 Å². The molecule has 2 heterocycles. The molecule has 0 saturated carbocycles. The molecule has 5 aromatic rings. The monoisotopic (exact) mass is 470 g/mol. The summed E-state index contributed by atoms with van der Waals surface area (Å²) in [6.45, 7) is 3.88. The zero-order valence-electron chi connectivity index (χ0n) is 17.1. The Labute approximate surface area is 187 Å². The normalized spacial score (nSPS) is 11.7. The molecule has 1 N–H and O–H groups in total. The molecule has 0 aliphatic heterocycles. The Kier molecular flexibility index (Phi) is 4.79. The zero-order chi connectivity index (χ0) is 21.5. The summed E-state index contributed by atoms with van der Waals surface area (Å²) in [7, 11) is 0. The molecule has 0 spiro atoms. The zero-order valence-corrected chi connectivity index (χ0v) is 18.6. The van der Waals surface area contributed by atoms with E-state index < -0.39 is 0 Å². The molecule has 0 fully saturated rings. The van der Waals surface area contributed by atoms with E-state index in [0.717, 1.165) is 48.9 Å². The first-order chi connectivity index (χ1) is 15.0. The molecule has 3 aromatic carbocycles. The molecule has 0 unspecified atom stereocenters. The minimum atomic E-state index is -0.134. The SMILES string of the molecule is Cc1cc(-n2[nH]c(C)c(C=Nc3c4ccccc4nc4ccccc34)c2=O)ccc1Br. The highest BCUT2D eigenvalue weighted by Crippen LogP contribution is 2.32. The number of nitrogens with zero attached hydrogens (tertiary/aromatic N) is 3. The van der Waals surface area contributed by atoms with Gasteiger partial charge < -0.3 is 0 Å². The minimum Gasteiger partial charge on any atom is -0.295 e. The topological polar surface area (TPSA) is 63.0 Å². The van der Waals surface area contributed by atoms with Crippen LogP contribution in [0, 0.1) is 13.8 Å². The van der Waals surface area contributed by atoms with Crippen LogP contribution in [0.1, 0.15) is 16.8 Å². The minimum absolute atomic E-state index is 0.134. The number of rotatable bonds is 3. The van der Waals surface area contributed by atoms with Crippen LogP contribution in [-0.2, 0) is 0 Å². The summed E-state index contributed by atoms with van der Waals surface area (Å²) in [4.78, 5) is 22.7. The van der Waals surface area contributed by atoms with Gasteiger partial charge in [0.1, 0.15) is 0 Å². The second kappa shape index (κ2) is 7.63. The van der Waals surface area contributed by atoms with Crippen LogP contribution in [0.15, 0.2) is 81.0 Å². The lowest BCUT2D eigenvalue weighted by Crippen LogP contribution is -2.17. The fraction of sp³-hybridized carbons (Fsp3) is 0.0800. The van der Waals surface area contributed by atoms with Gasteiger partial charge in [-0.05, 0) is 49.7 Å². The summed E-state index contributed by atoms with van der Waals surface area (Å²) >= 11 is 3.51. The molecule has 0 bridgehead atoms. The number of aromatic nitrogens is 3. The van der Waals surface area contributed by atoms with Crippen LogP contribution < -0.4 is 5.56 Å². The van der Waals surface area contributed by atoms with Crippen LogP contribution in [0.4, 0.5) is 5.69 Å². The third-order valence-electron chi connectivity index (χ3n) is 5.40. The van der Waals surface area contributed by atoms with Gasteiger partial charge in [-0.1, -0.05) is 52.3 Å². The molecule has 6 heteroatoms. The molecule has 0 radical (unpaired) electrons. The van der Waals surface area contributed by atoms with Gasteiger partial charge in [0.05, 0.1) is 28.0 Å². The Morgan fingerprint density at radius 2 is 1.61 bits per heavy atom. The molecule has 5 nitrogen and oxygen atoms in total. The van der Waals surface area contributed by atoms with E-state index in [4.69, 9.17) is 9.98 Å². The van der Waals surface area contributed by atoms with Crippen LogP contribution in [0.3, 0.4) is 0 Å². The Bertz CT molecular complexity index is 1490. The van der Waals surface area contributed by atoms with Crippen LogP contribution in [0.5, 0.6) is 0 Å². The predicted octanol–water partition coefficient (Wildman–Crippen LogP) is 6.00. The van der Waals surface area contributed by atoms with Crippen LogP contribution >= 0.6 is 15.9 Å². The van der Waals surface area contributed by atoms with Crippen molar-refractivity contribution in [3.63, 3.8) is 0 Å². The second-order valence-electron chi connectivity index (χ2n) is 7.48. The lowest BCUT2D eigenvalue weighted by Gasteiger charge is -2.06. The summed E-state index contributed by atoms with van der Waals surface area (Å²) in [5, 5.41) is 5.08. The van der Waals surface area contributed by atoms with Crippen molar-refractivity contribution < 1.29 is 0 Å². The van der Waals surface area contributed by atoms with Gasteiger partial charge in [0.2, 0.25) is 0 Å². The average molecular weight is 471 g/mol. The van der Waals surface area contributed by atoms with Crippen molar-refractivity contribution in [2.45, 2.75) is 13.8 Å². The standard InChI is InChI=1S/C25H19BrN4O/c1-15-13-17(11-12-21(15)26)30-25(31)20(16(2)29-30)14-27-24-18-7-3-5-9-22(18)28-23-10-6-4-8-19(23)24/h3-14,29H,1-2H3. The Morgan fingerprint density at radius 1 is 0.968 bits per heavy atom. The van der Waals surface area contributed by atoms with Crippen molar-refractivity contribution in [2.24, 2.45) is 4.99 Å². The maximum atomic E-state index is 13.2. The summed E-state index contributed by atoms with van der Waals surface area (Å²) in [6.07, 6.45) is 1.66. The number of pyridine rings is 1. The second-order valence-corrected chi connectivity index (χ2v) is 8.33. The van der Waals surface area contributed by atoms with Crippen LogP contribution in [0.2, 0.25) is 0 Å². The van der Waals surface area contributed by atoms with Crippen molar-refractivity contribution in [2.75, 3.05) is 0 Å². The van der Waals surface area contributed by atoms with E-state index >= 15 is 0 Å². The lowest BCUT2D eigenvalue weighted by atomic mass is 10.1. The Balaban J connectivity index is 1.66. The largest absolute Gasteiger partial charge is 0.295 e. The number of fused-ring (bicyclic) bond motifs is 2. The quantitative estimate of drug-likeness (QED) is 0.259. The maximum Gasteiger partial charge on any atom is 0.280 e. The van der Waals surface area contributed by atoms with Crippen molar-refractivity contribution in [1.29, 1.82) is 0 Å². The first-order valence-corrected chi connectivity index (χ1v) is 10.7. The molecule has 0 atom stereocenters. The van der Waals surface area contributed by atoms with Gasteiger partial charge in [-0.3, -0.25) is 14.9 Å². The van der Waals surface area contributed by atoms with Crippen LogP contribution in [0.25, 0.3) is 27.5 Å². The first-order valence-electron chi connectivity index (χ1n) is 9.92. The fourth-order valence-electron chi connectivity index (χ4n) is 3.75. The number of aryl methyl sites for hydroxylation is 2. The number of aliphatic imine (C=N–C) groups is 1. The van der Waals surface area contributed by atoms with Crippen molar-refractivity contribution in [1.82, 2.24) is 14.8 Å². The molecule has 2 aromatic heterocycles. The van der Waals surface area contributed by atoms with Gasteiger partial charge in [-0.25, -0.2) is 9.67 Å². The van der Waals surface area contributed by atoms with E-state index in [2.05, 4.69) is 21.0 Å². The highest BCUT2D eigenvalue weighted by Gasteiger charge is 2.13. The third-order valence-corrected chi connectivity index (χ3v) is 6.29. The number of hydrogen-bond acceptors (Lipinski definition) is 3. The molecular formula is C25H19BrN4O.